The first kappa shape index (κ1) is 16.1. The summed E-state index contributed by atoms with van der Waals surface area (Å²) >= 11 is 0. The predicted octanol–water partition coefficient (Wildman–Crippen LogP) is 4.44. The van der Waals surface area contributed by atoms with Crippen LogP contribution in [0.4, 0.5) is 5.69 Å². The molecule has 116 valence electrons. The Kier molecular flexibility index (Phi) is 6.49. The van der Waals surface area contributed by atoms with Gasteiger partial charge >= 0.3 is 0 Å². The molecule has 0 saturated heterocycles. The van der Waals surface area contributed by atoms with Gasteiger partial charge in [0.2, 0.25) is 0 Å². The van der Waals surface area contributed by atoms with Gasteiger partial charge in [0, 0.05) is 5.69 Å². The summed E-state index contributed by atoms with van der Waals surface area (Å²) in [5, 5.41) is 2.79. The number of amides is 1. The van der Waals surface area contributed by atoms with Crippen molar-refractivity contribution >= 4 is 11.6 Å². The average Bonchev–Trinajstić information content (AvgIpc) is 2.55. The first-order valence-electron chi connectivity index (χ1n) is 7.84. The van der Waals surface area contributed by atoms with Gasteiger partial charge < -0.3 is 10.1 Å². The first-order chi connectivity index (χ1) is 10.8. The smallest absolute Gasteiger partial charge is 0.262 e. The van der Waals surface area contributed by atoms with E-state index < -0.39 is 0 Å². The fraction of sp³-hybridized carbons (Fsp3) is 0.316. The number of nitrogens with one attached hydrogen (secondary N) is 1. The number of anilines is 1. The van der Waals surface area contributed by atoms with E-state index in [-0.39, 0.29) is 12.5 Å². The monoisotopic (exact) mass is 297 g/mol. The summed E-state index contributed by atoms with van der Waals surface area (Å²) in [4.78, 5) is 11.8. The lowest BCUT2D eigenvalue weighted by Gasteiger charge is -2.08. The van der Waals surface area contributed by atoms with Gasteiger partial charge in [-0.3, -0.25) is 4.79 Å². The van der Waals surface area contributed by atoms with Crippen LogP contribution >= 0.6 is 0 Å². The Morgan fingerprint density at radius 2 is 1.73 bits per heavy atom. The third kappa shape index (κ3) is 5.60. The van der Waals surface area contributed by atoms with Crippen LogP contribution in [-0.2, 0) is 11.2 Å². The average molecular weight is 297 g/mol. The van der Waals surface area contributed by atoms with E-state index in [2.05, 4.69) is 24.4 Å². The van der Waals surface area contributed by atoms with Crippen LogP contribution in [0.1, 0.15) is 31.7 Å². The molecular weight excluding hydrogens is 274 g/mol. The number of benzene rings is 2. The van der Waals surface area contributed by atoms with Crippen molar-refractivity contribution in [1.29, 1.82) is 0 Å². The molecule has 0 aromatic heterocycles. The zero-order chi connectivity index (χ0) is 15.6. The number of para-hydroxylation sites is 1. The Balaban J connectivity index is 1.75. The molecule has 3 nitrogen and oxygen atoms in total. The van der Waals surface area contributed by atoms with E-state index in [4.69, 9.17) is 4.74 Å². The summed E-state index contributed by atoms with van der Waals surface area (Å²) < 4.78 is 5.51. The molecule has 1 amide bonds. The van der Waals surface area contributed by atoms with Crippen LogP contribution in [0.2, 0.25) is 0 Å². The number of unbranched alkanes of at least 4 members (excludes halogenated alkanes) is 2. The van der Waals surface area contributed by atoms with E-state index in [0.717, 1.165) is 17.9 Å². The molecule has 0 spiro atoms. The Bertz CT molecular complexity index is 564. The van der Waals surface area contributed by atoms with E-state index in [1.54, 1.807) is 0 Å². The molecule has 2 rings (SSSR count). The van der Waals surface area contributed by atoms with Crippen molar-refractivity contribution in [1.82, 2.24) is 0 Å². The normalized spacial score (nSPS) is 10.2. The number of hydrogen-bond acceptors (Lipinski definition) is 2. The van der Waals surface area contributed by atoms with E-state index in [1.165, 1.54) is 24.8 Å². The molecule has 0 aliphatic rings. The van der Waals surface area contributed by atoms with Gasteiger partial charge in [0.25, 0.3) is 5.91 Å². The number of hydrogen-bond donors (Lipinski definition) is 1. The molecule has 0 aliphatic heterocycles. The highest BCUT2D eigenvalue weighted by molar-refractivity contribution is 5.91. The summed E-state index contributed by atoms with van der Waals surface area (Å²) in [5.41, 5.74) is 2.09. The maximum absolute atomic E-state index is 11.8. The van der Waals surface area contributed by atoms with Crippen molar-refractivity contribution < 1.29 is 9.53 Å². The van der Waals surface area contributed by atoms with Crippen molar-refractivity contribution in [3.63, 3.8) is 0 Å². The third-order valence-corrected chi connectivity index (χ3v) is 3.42. The third-order valence-electron chi connectivity index (χ3n) is 3.42. The second-order valence-electron chi connectivity index (χ2n) is 5.30. The van der Waals surface area contributed by atoms with Crippen molar-refractivity contribution in [2.45, 2.75) is 32.6 Å². The Labute approximate surface area is 132 Å². The van der Waals surface area contributed by atoms with Crippen LogP contribution in [0.25, 0.3) is 0 Å². The Morgan fingerprint density at radius 1 is 1.00 bits per heavy atom. The Hall–Kier alpha value is -2.29. The highest BCUT2D eigenvalue weighted by atomic mass is 16.5. The molecule has 2 aromatic rings. The topological polar surface area (TPSA) is 38.3 Å². The summed E-state index contributed by atoms with van der Waals surface area (Å²) in [5.74, 6) is 0.570. The number of aryl methyl sites for hydroxylation is 1. The van der Waals surface area contributed by atoms with Crippen molar-refractivity contribution in [3.05, 3.63) is 60.2 Å². The number of carbonyl (C=O) groups is 1. The van der Waals surface area contributed by atoms with Crippen LogP contribution in [0, 0.1) is 0 Å². The molecule has 0 radical (unpaired) electrons. The number of carbonyl (C=O) groups excluding carboxylic acids is 1. The molecule has 0 unspecified atom stereocenters. The van der Waals surface area contributed by atoms with Gasteiger partial charge in [0.1, 0.15) is 5.75 Å². The molecule has 3 heteroatoms. The summed E-state index contributed by atoms with van der Waals surface area (Å²) in [6.07, 6.45) is 4.81. The molecule has 0 aliphatic carbocycles. The summed E-state index contributed by atoms with van der Waals surface area (Å²) in [6.45, 7) is 2.22. The zero-order valence-corrected chi connectivity index (χ0v) is 13.0. The lowest BCUT2D eigenvalue weighted by Crippen LogP contribution is -2.20. The fourth-order valence-electron chi connectivity index (χ4n) is 2.20. The van der Waals surface area contributed by atoms with Crippen molar-refractivity contribution in [2.75, 3.05) is 11.9 Å². The van der Waals surface area contributed by atoms with Crippen LogP contribution < -0.4 is 10.1 Å². The quantitative estimate of drug-likeness (QED) is 0.732. The highest BCUT2D eigenvalue weighted by Gasteiger charge is 2.03. The minimum atomic E-state index is -0.154. The maximum atomic E-state index is 11.8. The van der Waals surface area contributed by atoms with Crippen molar-refractivity contribution in [3.8, 4) is 5.75 Å². The second kappa shape index (κ2) is 8.88. The Morgan fingerprint density at radius 3 is 2.41 bits per heavy atom. The maximum Gasteiger partial charge on any atom is 0.262 e. The van der Waals surface area contributed by atoms with Gasteiger partial charge in [-0.25, -0.2) is 0 Å². The highest BCUT2D eigenvalue weighted by Crippen LogP contribution is 2.14. The lowest BCUT2D eigenvalue weighted by molar-refractivity contribution is -0.118. The van der Waals surface area contributed by atoms with Gasteiger partial charge in [-0.1, -0.05) is 50.1 Å². The van der Waals surface area contributed by atoms with E-state index in [1.807, 2.05) is 42.5 Å². The molecule has 0 saturated carbocycles. The lowest BCUT2D eigenvalue weighted by atomic mass is 10.1. The van der Waals surface area contributed by atoms with Crippen LogP contribution in [-0.4, -0.2) is 12.5 Å². The fourth-order valence-corrected chi connectivity index (χ4v) is 2.20. The minimum absolute atomic E-state index is 0.0179. The molecule has 22 heavy (non-hydrogen) atoms. The van der Waals surface area contributed by atoms with Crippen molar-refractivity contribution in [2.24, 2.45) is 0 Å². The molecule has 1 N–H and O–H groups in total. The summed E-state index contributed by atoms with van der Waals surface area (Å²) in [7, 11) is 0. The molecule has 2 aromatic carbocycles. The minimum Gasteiger partial charge on any atom is -0.484 e. The molecule has 0 heterocycles. The summed E-state index contributed by atoms with van der Waals surface area (Å²) in [6, 6.07) is 17.4. The molecular formula is C19H23NO2. The van der Waals surface area contributed by atoms with E-state index in [0.29, 0.717) is 0 Å². The SMILES string of the molecule is CCCCCc1ccc(OCC(=O)Nc2ccccc2)cc1. The standard InChI is InChI=1S/C19H23NO2/c1-2-3-5-8-16-11-13-18(14-12-16)22-15-19(21)20-17-9-6-4-7-10-17/h4,6-7,9-14H,2-3,5,8,15H2,1H3,(H,20,21). The molecule has 0 atom stereocenters. The van der Waals surface area contributed by atoms with Crippen LogP contribution in [0.3, 0.4) is 0 Å². The zero-order valence-electron chi connectivity index (χ0n) is 13.0. The van der Waals surface area contributed by atoms with Crippen LogP contribution in [0.15, 0.2) is 54.6 Å². The molecule has 0 bridgehead atoms. The van der Waals surface area contributed by atoms with E-state index in [9.17, 15) is 4.79 Å². The number of rotatable bonds is 8. The predicted molar refractivity (Wildman–Crippen MR) is 90.2 cm³/mol. The second-order valence-corrected chi connectivity index (χ2v) is 5.30. The van der Waals surface area contributed by atoms with Gasteiger partial charge in [0.15, 0.2) is 6.61 Å². The van der Waals surface area contributed by atoms with E-state index >= 15 is 0 Å². The molecule has 0 fully saturated rings. The number of ether oxygens (including phenoxy) is 1. The first-order valence-corrected chi connectivity index (χ1v) is 7.84. The largest absolute Gasteiger partial charge is 0.484 e. The van der Waals surface area contributed by atoms with Gasteiger partial charge in [0.05, 0.1) is 0 Å². The van der Waals surface area contributed by atoms with Gasteiger partial charge in [-0.2, -0.15) is 0 Å². The van der Waals surface area contributed by atoms with Gasteiger partial charge in [-0.15, -0.1) is 0 Å². The van der Waals surface area contributed by atoms with Gasteiger partial charge in [-0.05, 0) is 42.7 Å². The van der Waals surface area contributed by atoms with Crippen LogP contribution in [0.5, 0.6) is 5.75 Å².